The molecule has 0 aliphatic heterocycles. The Bertz CT molecular complexity index is 124. The molecule has 3 nitrogen and oxygen atoms in total. The maximum atomic E-state index is 9.08. The number of rotatable bonds is 7. The molecule has 1 unspecified atom stereocenters. The second kappa shape index (κ2) is 6.35. The van der Waals surface area contributed by atoms with E-state index in [9.17, 15) is 0 Å². The Morgan fingerprint density at radius 3 is 2.08 bits per heavy atom. The highest BCUT2D eigenvalue weighted by Crippen LogP contribution is 2.08. The van der Waals surface area contributed by atoms with Crippen LogP contribution in [-0.2, 0) is 0 Å². The average Bonchev–Trinajstić information content (AvgIpc) is 2.17. The van der Waals surface area contributed by atoms with Gasteiger partial charge in [0.15, 0.2) is 0 Å². The molecule has 0 heterocycles. The molecule has 80 valence electrons. The Morgan fingerprint density at radius 1 is 1.23 bits per heavy atom. The Kier molecular flexibility index (Phi) is 6.29. The van der Waals surface area contributed by atoms with Crippen LogP contribution in [0, 0.1) is 0 Å². The molecule has 0 rings (SSSR count). The van der Waals surface area contributed by atoms with Gasteiger partial charge in [-0.1, -0.05) is 20.3 Å². The molecule has 0 aliphatic rings. The molecule has 13 heavy (non-hydrogen) atoms. The summed E-state index contributed by atoms with van der Waals surface area (Å²) in [7, 11) is 0. The third-order valence-electron chi connectivity index (χ3n) is 2.38. The Balaban J connectivity index is 4.02. The summed E-state index contributed by atoms with van der Waals surface area (Å²) in [5, 5.41) is 21.4. The van der Waals surface area contributed by atoms with E-state index < -0.39 is 5.54 Å². The van der Waals surface area contributed by atoms with Crippen molar-refractivity contribution in [1.82, 2.24) is 5.32 Å². The van der Waals surface area contributed by atoms with Crippen molar-refractivity contribution in [3.63, 3.8) is 0 Å². The summed E-state index contributed by atoms with van der Waals surface area (Å²) in [6.07, 6.45) is 3.24. The van der Waals surface area contributed by atoms with E-state index in [1.165, 1.54) is 0 Å². The van der Waals surface area contributed by atoms with Crippen LogP contribution in [0.1, 0.15) is 40.0 Å². The second-order valence-electron chi connectivity index (χ2n) is 3.92. The van der Waals surface area contributed by atoms with Gasteiger partial charge in [0.1, 0.15) is 0 Å². The van der Waals surface area contributed by atoms with E-state index in [-0.39, 0.29) is 13.2 Å². The molecule has 0 aromatic heterocycles. The molecule has 0 amide bonds. The predicted octanol–water partition coefficient (Wildman–Crippen LogP) is 0.898. The molecule has 0 aromatic carbocycles. The zero-order valence-electron chi connectivity index (χ0n) is 9.01. The minimum Gasteiger partial charge on any atom is -0.394 e. The van der Waals surface area contributed by atoms with Gasteiger partial charge in [-0.15, -0.1) is 0 Å². The summed E-state index contributed by atoms with van der Waals surface area (Å²) in [6.45, 7) is 6.04. The van der Waals surface area contributed by atoms with Gasteiger partial charge in [-0.05, 0) is 19.8 Å². The van der Waals surface area contributed by atoms with Crippen LogP contribution in [0.25, 0.3) is 0 Å². The molecule has 0 aliphatic carbocycles. The minimum absolute atomic E-state index is 0.0241. The van der Waals surface area contributed by atoms with E-state index in [2.05, 4.69) is 19.2 Å². The molecular weight excluding hydrogens is 166 g/mol. The maximum absolute atomic E-state index is 9.08. The van der Waals surface area contributed by atoms with Crippen LogP contribution in [0.2, 0.25) is 0 Å². The van der Waals surface area contributed by atoms with E-state index in [1.54, 1.807) is 0 Å². The van der Waals surface area contributed by atoms with Gasteiger partial charge < -0.3 is 15.5 Å². The molecule has 0 radical (unpaired) electrons. The van der Waals surface area contributed by atoms with Crippen molar-refractivity contribution in [2.45, 2.75) is 51.6 Å². The smallest absolute Gasteiger partial charge is 0.0633 e. The molecular formula is C10H23NO2. The van der Waals surface area contributed by atoms with E-state index in [0.717, 1.165) is 19.3 Å². The first-order valence-electron chi connectivity index (χ1n) is 5.11. The molecule has 0 spiro atoms. The maximum Gasteiger partial charge on any atom is 0.0633 e. The number of nitrogens with one attached hydrogen (secondary N) is 1. The third kappa shape index (κ3) is 4.60. The summed E-state index contributed by atoms with van der Waals surface area (Å²) in [5.41, 5.74) is -0.532. The van der Waals surface area contributed by atoms with Gasteiger partial charge in [-0.3, -0.25) is 0 Å². The van der Waals surface area contributed by atoms with E-state index in [1.807, 2.05) is 6.92 Å². The zero-order chi connectivity index (χ0) is 10.3. The van der Waals surface area contributed by atoms with Gasteiger partial charge in [0, 0.05) is 6.04 Å². The topological polar surface area (TPSA) is 52.5 Å². The lowest BCUT2D eigenvalue weighted by atomic mass is 10.0. The van der Waals surface area contributed by atoms with E-state index in [4.69, 9.17) is 10.2 Å². The van der Waals surface area contributed by atoms with Crippen molar-refractivity contribution in [1.29, 1.82) is 0 Å². The second-order valence-corrected chi connectivity index (χ2v) is 3.92. The fourth-order valence-electron chi connectivity index (χ4n) is 1.36. The van der Waals surface area contributed by atoms with Crippen molar-refractivity contribution in [2.24, 2.45) is 0 Å². The van der Waals surface area contributed by atoms with E-state index in [0.29, 0.717) is 6.04 Å². The average molecular weight is 189 g/mol. The summed E-state index contributed by atoms with van der Waals surface area (Å²) in [5.74, 6) is 0. The van der Waals surface area contributed by atoms with Crippen LogP contribution in [0.3, 0.4) is 0 Å². The first kappa shape index (κ1) is 12.9. The number of hydrogen-bond acceptors (Lipinski definition) is 3. The van der Waals surface area contributed by atoms with Crippen molar-refractivity contribution < 1.29 is 10.2 Å². The fourth-order valence-corrected chi connectivity index (χ4v) is 1.36. The van der Waals surface area contributed by atoms with Crippen molar-refractivity contribution in [3.05, 3.63) is 0 Å². The van der Waals surface area contributed by atoms with Gasteiger partial charge in [0.2, 0.25) is 0 Å². The summed E-state index contributed by atoms with van der Waals surface area (Å²) < 4.78 is 0. The molecule has 0 saturated heterocycles. The highest BCUT2D eigenvalue weighted by atomic mass is 16.3. The lowest BCUT2D eigenvalue weighted by molar-refractivity contribution is 0.0919. The minimum atomic E-state index is -0.532. The van der Waals surface area contributed by atoms with E-state index >= 15 is 0 Å². The molecule has 0 aromatic rings. The van der Waals surface area contributed by atoms with Crippen LogP contribution in [0.4, 0.5) is 0 Å². The molecule has 1 atom stereocenters. The Hall–Kier alpha value is -0.120. The molecule has 3 heteroatoms. The zero-order valence-corrected chi connectivity index (χ0v) is 9.01. The predicted molar refractivity (Wildman–Crippen MR) is 54.7 cm³/mol. The van der Waals surface area contributed by atoms with Crippen molar-refractivity contribution in [3.8, 4) is 0 Å². The van der Waals surface area contributed by atoms with Gasteiger partial charge in [-0.25, -0.2) is 0 Å². The molecule has 0 fully saturated rings. The fraction of sp³-hybridized carbons (Fsp3) is 1.00. The van der Waals surface area contributed by atoms with Crippen LogP contribution >= 0.6 is 0 Å². The van der Waals surface area contributed by atoms with Crippen LogP contribution in [0.5, 0.6) is 0 Å². The van der Waals surface area contributed by atoms with Gasteiger partial charge in [0.25, 0.3) is 0 Å². The summed E-state index contributed by atoms with van der Waals surface area (Å²) in [4.78, 5) is 0. The number of hydrogen-bond donors (Lipinski definition) is 3. The molecule has 3 N–H and O–H groups in total. The monoisotopic (exact) mass is 189 g/mol. The summed E-state index contributed by atoms with van der Waals surface area (Å²) in [6, 6.07) is 0.398. The third-order valence-corrected chi connectivity index (χ3v) is 2.38. The first-order chi connectivity index (χ1) is 6.11. The lowest BCUT2D eigenvalue weighted by Crippen LogP contribution is -2.53. The van der Waals surface area contributed by atoms with Gasteiger partial charge >= 0.3 is 0 Å². The van der Waals surface area contributed by atoms with Crippen molar-refractivity contribution >= 4 is 0 Å². The number of aliphatic hydroxyl groups is 2. The largest absolute Gasteiger partial charge is 0.394 e. The normalized spacial score (nSPS) is 14.5. The van der Waals surface area contributed by atoms with Crippen molar-refractivity contribution in [2.75, 3.05) is 13.2 Å². The summed E-state index contributed by atoms with van der Waals surface area (Å²) >= 11 is 0. The Labute approximate surface area is 81.2 Å². The van der Waals surface area contributed by atoms with Crippen LogP contribution in [0.15, 0.2) is 0 Å². The molecule has 0 saturated carbocycles. The quantitative estimate of drug-likeness (QED) is 0.557. The highest BCUT2D eigenvalue weighted by Gasteiger charge is 2.24. The lowest BCUT2D eigenvalue weighted by Gasteiger charge is -2.31. The van der Waals surface area contributed by atoms with Gasteiger partial charge in [-0.2, -0.15) is 0 Å². The highest BCUT2D eigenvalue weighted by molar-refractivity contribution is 4.84. The first-order valence-corrected chi connectivity index (χ1v) is 5.11. The van der Waals surface area contributed by atoms with Crippen LogP contribution < -0.4 is 5.32 Å². The SMILES string of the molecule is CCCC(CC)NC(C)(CO)CO. The Morgan fingerprint density at radius 2 is 1.77 bits per heavy atom. The molecule has 0 bridgehead atoms. The van der Waals surface area contributed by atoms with Gasteiger partial charge in [0.05, 0.1) is 18.8 Å². The number of aliphatic hydroxyl groups excluding tert-OH is 2. The standard InChI is InChI=1S/C10H23NO2/c1-4-6-9(5-2)11-10(3,7-12)8-13/h9,11-13H,4-8H2,1-3H3. The van der Waals surface area contributed by atoms with Crippen LogP contribution in [-0.4, -0.2) is 35.0 Å².